The molecular weight excluding hydrogens is 222 g/mol. The Labute approximate surface area is 103 Å². The second-order valence-electron chi connectivity index (χ2n) is 4.55. The highest BCUT2D eigenvalue weighted by Crippen LogP contribution is 2.26. The van der Waals surface area contributed by atoms with E-state index in [9.17, 15) is 4.79 Å². The van der Waals surface area contributed by atoms with Crippen LogP contribution in [0.25, 0.3) is 0 Å². The summed E-state index contributed by atoms with van der Waals surface area (Å²) in [6.45, 7) is 2.64. The SMILES string of the molecule is COC(=O)C(C)CNC1CCCC(SC)C1. The van der Waals surface area contributed by atoms with Gasteiger partial charge in [0.2, 0.25) is 0 Å². The van der Waals surface area contributed by atoms with E-state index >= 15 is 0 Å². The average molecular weight is 245 g/mol. The highest BCUT2D eigenvalue weighted by Gasteiger charge is 2.22. The van der Waals surface area contributed by atoms with Crippen molar-refractivity contribution in [3.05, 3.63) is 0 Å². The molecule has 4 heteroatoms. The number of thioether (sulfide) groups is 1. The molecule has 0 spiro atoms. The maximum atomic E-state index is 11.2. The van der Waals surface area contributed by atoms with Crippen LogP contribution in [0.5, 0.6) is 0 Å². The minimum Gasteiger partial charge on any atom is -0.469 e. The molecular formula is C12H23NO2S. The molecule has 1 rings (SSSR count). The van der Waals surface area contributed by atoms with Crippen LogP contribution in [-0.2, 0) is 9.53 Å². The van der Waals surface area contributed by atoms with Gasteiger partial charge in [-0.05, 0) is 25.5 Å². The average Bonchev–Trinajstić information content (AvgIpc) is 2.35. The lowest BCUT2D eigenvalue weighted by Gasteiger charge is -2.29. The van der Waals surface area contributed by atoms with Crippen LogP contribution in [0.2, 0.25) is 0 Å². The lowest BCUT2D eigenvalue weighted by Crippen LogP contribution is -2.39. The monoisotopic (exact) mass is 245 g/mol. The third-order valence-corrected chi connectivity index (χ3v) is 4.37. The van der Waals surface area contributed by atoms with Crippen LogP contribution in [-0.4, -0.2) is 37.2 Å². The normalized spacial score (nSPS) is 27.4. The van der Waals surface area contributed by atoms with Gasteiger partial charge < -0.3 is 10.1 Å². The molecule has 0 heterocycles. The maximum Gasteiger partial charge on any atom is 0.309 e. The number of nitrogens with one attached hydrogen (secondary N) is 1. The van der Waals surface area contributed by atoms with Crippen LogP contribution in [0.4, 0.5) is 0 Å². The Morgan fingerprint density at radius 2 is 2.31 bits per heavy atom. The minimum absolute atomic E-state index is 0.0420. The van der Waals surface area contributed by atoms with Crippen molar-refractivity contribution in [2.24, 2.45) is 5.92 Å². The summed E-state index contributed by atoms with van der Waals surface area (Å²) in [5, 5.41) is 4.28. The first-order chi connectivity index (χ1) is 7.67. The maximum absolute atomic E-state index is 11.2. The third kappa shape index (κ3) is 4.34. The molecule has 3 unspecified atom stereocenters. The number of methoxy groups -OCH3 is 1. The van der Waals surface area contributed by atoms with Gasteiger partial charge in [-0.3, -0.25) is 4.79 Å². The van der Waals surface area contributed by atoms with Crippen molar-refractivity contribution in [1.82, 2.24) is 5.32 Å². The van der Waals surface area contributed by atoms with Gasteiger partial charge in [0.15, 0.2) is 0 Å². The molecule has 0 radical (unpaired) electrons. The van der Waals surface area contributed by atoms with Crippen LogP contribution in [0.1, 0.15) is 32.6 Å². The quantitative estimate of drug-likeness (QED) is 0.753. The fraction of sp³-hybridized carbons (Fsp3) is 0.917. The lowest BCUT2D eigenvalue weighted by molar-refractivity contribution is -0.144. The van der Waals surface area contributed by atoms with E-state index in [1.807, 2.05) is 18.7 Å². The summed E-state index contributed by atoms with van der Waals surface area (Å²) in [4.78, 5) is 11.2. The molecule has 0 aliphatic heterocycles. The first kappa shape index (κ1) is 13.8. The van der Waals surface area contributed by atoms with E-state index in [0.717, 1.165) is 11.8 Å². The molecule has 3 nitrogen and oxygen atoms in total. The second-order valence-corrected chi connectivity index (χ2v) is 5.69. The number of esters is 1. The number of rotatable bonds is 5. The molecule has 16 heavy (non-hydrogen) atoms. The first-order valence-electron chi connectivity index (χ1n) is 6.01. The molecule has 0 amide bonds. The van der Waals surface area contributed by atoms with E-state index in [4.69, 9.17) is 4.74 Å². The van der Waals surface area contributed by atoms with E-state index in [0.29, 0.717) is 6.04 Å². The molecule has 1 saturated carbocycles. The Kier molecular flexibility index (Phi) is 6.21. The molecule has 0 aromatic rings. The highest BCUT2D eigenvalue weighted by atomic mass is 32.2. The summed E-state index contributed by atoms with van der Waals surface area (Å²) in [7, 11) is 1.45. The lowest BCUT2D eigenvalue weighted by atomic mass is 9.94. The van der Waals surface area contributed by atoms with Crippen molar-refractivity contribution < 1.29 is 9.53 Å². The van der Waals surface area contributed by atoms with Crippen molar-refractivity contribution in [2.45, 2.75) is 43.9 Å². The number of hydrogen-bond donors (Lipinski definition) is 1. The minimum atomic E-state index is -0.121. The van der Waals surface area contributed by atoms with Crippen molar-refractivity contribution in [1.29, 1.82) is 0 Å². The Hall–Kier alpha value is -0.220. The zero-order chi connectivity index (χ0) is 12.0. The topological polar surface area (TPSA) is 38.3 Å². The zero-order valence-corrected chi connectivity index (χ0v) is 11.3. The fourth-order valence-corrected chi connectivity index (χ4v) is 3.00. The Bertz CT molecular complexity index is 223. The van der Waals surface area contributed by atoms with Gasteiger partial charge in [0, 0.05) is 17.8 Å². The van der Waals surface area contributed by atoms with Crippen LogP contribution in [0.15, 0.2) is 0 Å². The Morgan fingerprint density at radius 3 is 2.94 bits per heavy atom. The second kappa shape index (κ2) is 7.17. The number of ether oxygens (including phenoxy) is 1. The van der Waals surface area contributed by atoms with E-state index < -0.39 is 0 Å². The molecule has 0 aromatic heterocycles. The van der Waals surface area contributed by atoms with Gasteiger partial charge in [-0.25, -0.2) is 0 Å². The van der Waals surface area contributed by atoms with Gasteiger partial charge in [-0.1, -0.05) is 13.3 Å². The third-order valence-electron chi connectivity index (χ3n) is 3.28. The van der Waals surface area contributed by atoms with E-state index in [1.165, 1.54) is 32.8 Å². The van der Waals surface area contributed by atoms with Gasteiger partial charge in [0.05, 0.1) is 13.0 Å². The molecule has 0 saturated heterocycles. The summed E-state index contributed by atoms with van der Waals surface area (Å²) in [5.74, 6) is -0.163. The summed E-state index contributed by atoms with van der Waals surface area (Å²) in [6, 6.07) is 0.582. The van der Waals surface area contributed by atoms with Crippen LogP contribution >= 0.6 is 11.8 Å². The molecule has 1 fully saturated rings. The molecule has 1 N–H and O–H groups in total. The van der Waals surface area contributed by atoms with Gasteiger partial charge in [0.25, 0.3) is 0 Å². The summed E-state index contributed by atoms with van der Waals surface area (Å²) in [6.07, 6.45) is 7.30. The molecule has 94 valence electrons. The van der Waals surface area contributed by atoms with Gasteiger partial charge in [0.1, 0.15) is 0 Å². The fourth-order valence-electron chi connectivity index (χ4n) is 2.17. The Balaban J connectivity index is 2.24. The standard InChI is InChI=1S/C12H23NO2S/c1-9(12(14)15-2)8-13-10-5-4-6-11(7-10)16-3/h9-11,13H,4-8H2,1-3H3. The van der Waals surface area contributed by atoms with E-state index in [-0.39, 0.29) is 11.9 Å². The number of hydrogen-bond acceptors (Lipinski definition) is 4. The molecule has 1 aliphatic carbocycles. The highest BCUT2D eigenvalue weighted by molar-refractivity contribution is 7.99. The number of carbonyl (C=O) groups is 1. The zero-order valence-electron chi connectivity index (χ0n) is 10.5. The van der Waals surface area contributed by atoms with Crippen molar-refractivity contribution >= 4 is 17.7 Å². The van der Waals surface area contributed by atoms with Gasteiger partial charge in [-0.2, -0.15) is 11.8 Å². The van der Waals surface area contributed by atoms with Gasteiger partial charge in [-0.15, -0.1) is 0 Å². The molecule has 1 aliphatic rings. The molecule has 0 bridgehead atoms. The Morgan fingerprint density at radius 1 is 1.56 bits per heavy atom. The van der Waals surface area contributed by atoms with Gasteiger partial charge >= 0.3 is 5.97 Å². The summed E-state index contributed by atoms with van der Waals surface area (Å²) >= 11 is 1.96. The smallest absolute Gasteiger partial charge is 0.309 e. The summed E-state index contributed by atoms with van der Waals surface area (Å²) in [5.41, 5.74) is 0. The summed E-state index contributed by atoms with van der Waals surface area (Å²) < 4.78 is 4.71. The van der Waals surface area contributed by atoms with Crippen LogP contribution in [0.3, 0.4) is 0 Å². The largest absolute Gasteiger partial charge is 0.469 e. The van der Waals surface area contributed by atoms with Crippen molar-refractivity contribution in [3.8, 4) is 0 Å². The van der Waals surface area contributed by atoms with E-state index in [2.05, 4.69) is 11.6 Å². The van der Waals surface area contributed by atoms with Crippen LogP contribution < -0.4 is 5.32 Å². The van der Waals surface area contributed by atoms with E-state index in [1.54, 1.807) is 0 Å². The van der Waals surface area contributed by atoms with Crippen molar-refractivity contribution in [3.63, 3.8) is 0 Å². The van der Waals surface area contributed by atoms with Crippen LogP contribution in [0, 0.1) is 5.92 Å². The molecule has 3 atom stereocenters. The predicted molar refractivity (Wildman–Crippen MR) is 68.7 cm³/mol. The molecule has 0 aromatic carbocycles. The first-order valence-corrected chi connectivity index (χ1v) is 7.30. The van der Waals surface area contributed by atoms with Crippen molar-refractivity contribution in [2.75, 3.05) is 19.9 Å². The number of carbonyl (C=O) groups excluding carboxylic acids is 1. The predicted octanol–water partition coefficient (Wildman–Crippen LogP) is 2.06.